The number of hydrogen-bond acceptors (Lipinski definition) is 3. The SMILES string of the molecule is Cn1c(CN)cnc1COc1ccccc1. The third kappa shape index (κ3) is 2.23. The van der Waals surface area contributed by atoms with Crippen LogP contribution in [0.2, 0.25) is 0 Å². The second-order valence-corrected chi connectivity index (χ2v) is 3.53. The third-order valence-electron chi connectivity index (χ3n) is 2.50. The Kier molecular flexibility index (Phi) is 3.22. The van der Waals surface area contributed by atoms with Crippen LogP contribution >= 0.6 is 0 Å². The molecule has 0 fully saturated rings. The number of para-hydroxylation sites is 1. The Hall–Kier alpha value is -1.81. The molecule has 0 amide bonds. The van der Waals surface area contributed by atoms with Crippen LogP contribution in [0.5, 0.6) is 5.75 Å². The summed E-state index contributed by atoms with van der Waals surface area (Å²) in [5.41, 5.74) is 6.58. The molecule has 2 N–H and O–H groups in total. The number of ether oxygens (including phenoxy) is 1. The maximum absolute atomic E-state index is 5.61. The predicted octanol–water partition coefficient (Wildman–Crippen LogP) is 1.46. The molecule has 4 nitrogen and oxygen atoms in total. The van der Waals surface area contributed by atoms with Crippen LogP contribution in [0.15, 0.2) is 36.5 Å². The second-order valence-electron chi connectivity index (χ2n) is 3.53. The summed E-state index contributed by atoms with van der Waals surface area (Å²) in [4.78, 5) is 4.26. The minimum atomic E-state index is 0.459. The van der Waals surface area contributed by atoms with Crippen molar-refractivity contribution in [3.8, 4) is 5.75 Å². The Labute approximate surface area is 94.7 Å². The van der Waals surface area contributed by atoms with Gasteiger partial charge in [0.15, 0.2) is 0 Å². The Bertz CT molecular complexity index is 451. The van der Waals surface area contributed by atoms with Gasteiger partial charge in [-0.05, 0) is 12.1 Å². The van der Waals surface area contributed by atoms with Crippen molar-refractivity contribution < 1.29 is 4.74 Å². The van der Waals surface area contributed by atoms with E-state index < -0.39 is 0 Å². The van der Waals surface area contributed by atoms with Crippen LogP contribution in [0.25, 0.3) is 0 Å². The summed E-state index contributed by atoms with van der Waals surface area (Å²) in [6, 6.07) is 9.69. The molecule has 0 aliphatic heterocycles. The van der Waals surface area contributed by atoms with Crippen molar-refractivity contribution in [1.82, 2.24) is 9.55 Å². The Morgan fingerprint density at radius 1 is 1.31 bits per heavy atom. The highest BCUT2D eigenvalue weighted by Crippen LogP contribution is 2.11. The van der Waals surface area contributed by atoms with E-state index in [1.54, 1.807) is 6.20 Å². The molecule has 0 saturated carbocycles. The number of imidazole rings is 1. The van der Waals surface area contributed by atoms with Crippen LogP contribution in [0.1, 0.15) is 11.5 Å². The molecular formula is C12H15N3O. The molecule has 0 aliphatic rings. The van der Waals surface area contributed by atoms with Crippen LogP contribution in [0.3, 0.4) is 0 Å². The van der Waals surface area contributed by atoms with Gasteiger partial charge in [-0.15, -0.1) is 0 Å². The van der Waals surface area contributed by atoms with Crippen LogP contribution in [0, 0.1) is 0 Å². The first-order valence-electron chi connectivity index (χ1n) is 5.18. The van der Waals surface area contributed by atoms with E-state index in [4.69, 9.17) is 10.5 Å². The molecule has 0 atom stereocenters. The van der Waals surface area contributed by atoms with Crippen molar-refractivity contribution in [3.63, 3.8) is 0 Å². The number of nitrogens with two attached hydrogens (primary N) is 1. The smallest absolute Gasteiger partial charge is 0.146 e. The summed E-state index contributed by atoms with van der Waals surface area (Å²) in [6.45, 7) is 0.954. The highest BCUT2D eigenvalue weighted by molar-refractivity contribution is 5.21. The number of rotatable bonds is 4. The van der Waals surface area contributed by atoms with Crippen molar-refractivity contribution in [2.45, 2.75) is 13.2 Å². The molecule has 0 bridgehead atoms. The first kappa shape index (κ1) is 10.7. The van der Waals surface area contributed by atoms with E-state index in [0.29, 0.717) is 13.2 Å². The van der Waals surface area contributed by atoms with E-state index in [1.807, 2.05) is 41.9 Å². The Morgan fingerprint density at radius 2 is 2.06 bits per heavy atom. The van der Waals surface area contributed by atoms with Gasteiger partial charge >= 0.3 is 0 Å². The van der Waals surface area contributed by atoms with Gasteiger partial charge in [-0.3, -0.25) is 0 Å². The van der Waals surface area contributed by atoms with Crippen molar-refractivity contribution in [2.75, 3.05) is 0 Å². The number of benzene rings is 1. The third-order valence-corrected chi connectivity index (χ3v) is 2.50. The molecule has 1 heterocycles. The van der Waals surface area contributed by atoms with E-state index >= 15 is 0 Å². The van der Waals surface area contributed by atoms with Gasteiger partial charge in [0.2, 0.25) is 0 Å². The van der Waals surface area contributed by atoms with E-state index in [-0.39, 0.29) is 0 Å². The zero-order valence-electron chi connectivity index (χ0n) is 9.26. The summed E-state index contributed by atoms with van der Waals surface area (Å²) in [5.74, 6) is 1.73. The van der Waals surface area contributed by atoms with Crippen LogP contribution in [-0.4, -0.2) is 9.55 Å². The summed E-state index contributed by atoms with van der Waals surface area (Å²) < 4.78 is 7.57. The Balaban J connectivity index is 2.02. The number of aromatic nitrogens is 2. The zero-order chi connectivity index (χ0) is 11.4. The summed E-state index contributed by atoms with van der Waals surface area (Å²) in [6.07, 6.45) is 1.78. The maximum Gasteiger partial charge on any atom is 0.146 e. The first-order chi connectivity index (χ1) is 7.81. The number of nitrogens with zero attached hydrogens (tertiary/aromatic N) is 2. The van der Waals surface area contributed by atoms with Crippen molar-refractivity contribution in [2.24, 2.45) is 12.8 Å². The van der Waals surface area contributed by atoms with Gasteiger partial charge < -0.3 is 15.0 Å². The molecule has 84 valence electrons. The van der Waals surface area contributed by atoms with Crippen molar-refractivity contribution >= 4 is 0 Å². The Morgan fingerprint density at radius 3 is 2.69 bits per heavy atom. The second kappa shape index (κ2) is 4.81. The van der Waals surface area contributed by atoms with E-state index in [9.17, 15) is 0 Å². The van der Waals surface area contributed by atoms with Gasteiger partial charge in [0, 0.05) is 19.8 Å². The van der Waals surface area contributed by atoms with Gasteiger partial charge in [0.1, 0.15) is 18.2 Å². The van der Waals surface area contributed by atoms with Crippen LogP contribution in [0.4, 0.5) is 0 Å². The molecule has 2 aromatic rings. The minimum absolute atomic E-state index is 0.459. The molecule has 1 aromatic heterocycles. The summed E-state index contributed by atoms with van der Waals surface area (Å²) >= 11 is 0. The molecule has 0 radical (unpaired) electrons. The average Bonchev–Trinajstić information content (AvgIpc) is 2.69. The van der Waals surface area contributed by atoms with E-state index in [0.717, 1.165) is 17.3 Å². The predicted molar refractivity (Wildman–Crippen MR) is 61.9 cm³/mol. The molecule has 2 rings (SSSR count). The standard InChI is InChI=1S/C12H15N3O/c1-15-10(7-13)8-14-12(15)9-16-11-5-3-2-4-6-11/h2-6,8H,7,9,13H2,1H3. The lowest BCUT2D eigenvalue weighted by Gasteiger charge is -2.06. The van der Waals surface area contributed by atoms with Gasteiger partial charge in [-0.1, -0.05) is 18.2 Å². The lowest BCUT2D eigenvalue weighted by molar-refractivity contribution is 0.291. The fourth-order valence-electron chi connectivity index (χ4n) is 1.48. The normalized spacial score (nSPS) is 10.4. The topological polar surface area (TPSA) is 53.1 Å². The van der Waals surface area contributed by atoms with Gasteiger partial charge in [0.25, 0.3) is 0 Å². The molecule has 16 heavy (non-hydrogen) atoms. The van der Waals surface area contributed by atoms with Crippen LogP contribution in [-0.2, 0) is 20.2 Å². The van der Waals surface area contributed by atoms with Crippen molar-refractivity contribution in [1.29, 1.82) is 0 Å². The molecule has 4 heteroatoms. The lowest BCUT2D eigenvalue weighted by Crippen LogP contribution is -2.08. The van der Waals surface area contributed by atoms with E-state index in [1.165, 1.54) is 0 Å². The van der Waals surface area contributed by atoms with Gasteiger partial charge in [-0.2, -0.15) is 0 Å². The van der Waals surface area contributed by atoms with E-state index in [2.05, 4.69) is 4.98 Å². The maximum atomic E-state index is 5.61. The largest absolute Gasteiger partial charge is 0.486 e. The fourth-order valence-corrected chi connectivity index (χ4v) is 1.48. The summed E-state index contributed by atoms with van der Waals surface area (Å²) in [7, 11) is 1.94. The molecule has 0 saturated heterocycles. The highest BCUT2D eigenvalue weighted by atomic mass is 16.5. The average molecular weight is 217 g/mol. The van der Waals surface area contributed by atoms with Crippen LogP contribution < -0.4 is 10.5 Å². The molecular weight excluding hydrogens is 202 g/mol. The molecule has 0 unspecified atom stereocenters. The summed E-state index contributed by atoms with van der Waals surface area (Å²) in [5, 5.41) is 0. The van der Waals surface area contributed by atoms with Gasteiger partial charge in [0.05, 0.1) is 5.69 Å². The highest BCUT2D eigenvalue weighted by Gasteiger charge is 2.05. The monoisotopic (exact) mass is 217 g/mol. The zero-order valence-corrected chi connectivity index (χ0v) is 9.26. The quantitative estimate of drug-likeness (QED) is 0.843. The molecule has 0 spiro atoms. The van der Waals surface area contributed by atoms with Gasteiger partial charge in [-0.25, -0.2) is 4.98 Å². The molecule has 0 aliphatic carbocycles. The molecule has 1 aromatic carbocycles. The number of hydrogen-bond donors (Lipinski definition) is 1. The fraction of sp³-hybridized carbons (Fsp3) is 0.250. The lowest BCUT2D eigenvalue weighted by atomic mass is 10.3. The van der Waals surface area contributed by atoms with Crippen molar-refractivity contribution in [3.05, 3.63) is 48.0 Å². The minimum Gasteiger partial charge on any atom is -0.486 e. The first-order valence-corrected chi connectivity index (χ1v) is 5.18.